The van der Waals surface area contributed by atoms with Crippen LogP contribution in [0.2, 0.25) is 0 Å². The molecular weight excluding hydrogens is 188 g/mol. The summed E-state index contributed by atoms with van der Waals surface area (Å²) >= 11 is 0. The third kappa shape index (κ3) is 1.66. The molecule has 2 aromatic rings. The zero-order valence-corrected chi connectivity index (χ0v) is 8.01. The Morgan fingerprint density at radius 2 is 1.80 bits per heavy atom. The average molecular weight is 197 g/mol. The van der Waals surface area contributed by atoms with Gasteiger partial charge in [0, 0.05) is 0 Å². The summed E-state index contributed by atoms with van der Waals surface area (Å²) in [5.41, 5.74) is 0.720. The van der Waals surface area contributed by atoms with Crippen molar-refractivity contribution in [1.29, 1.82) is 0 Å². The van der Waals surface area contributed by atoms with Crippen LogP contribution in [0.3, 0.4) is 0 Å². The van der Waals surface area contributed by atoms with Gasteiger partial charge in [0.15, 0.2) is 0 Å². The van der Waals surface area contributed by atoms with Crippen LogP contribution < -0.4 is 0 Å². The van der Waals surface area contributed by atoms with E-state index < -0.39 is 5.92 Å². The van der Waals surface area contributed by atoms with Gasteiger partial charge in [0.2, 0.25) is 6.29 Å². The van der Waals surface area contributed by atoms with Crippen molar-refractivity contribution < 1.29 is 9.59 Å². The maximum atomic E-state index is 10.7. The normalized spacial score (nSPS) is 10.5. The summed E-state index contributed by atoms with van der Waals surface area (Å²) in [5, 5.41) is 1.96. The van der Waals surface area contributed by atoms with Crippen molar-refractivity contribution in [2.75, 3.05) is 0 Å². The van der Waals surface area contributed by atoms with E-state index in [0.717, 1.165) is 16.3 Å². The molecule has 0 bridgehead atoms. The topological polar surface area (TPSA) is 34.1 Å². The van der Waals surface area contributed by atoms with Crippen molar-refractivity contribution in [3.63, 3.8) is 0 Å². The maximum Gasteiger partial charge on any atom is 0.214 e. The Kier molecular flexibility index (Phi) is 2.59. The van der Waals surface area contributed by atoms with Crippen molar-refractivity contribution in [2.24, 2.45) is 0 Å². The second-order valence-corrected chi connectivity index (χ2v) is 3.30. The lowest BCUT2D eigenvalue weighted by Gasteiger charge is -2.06. The van der Waals surface area contributed by atoms with Gasteiger partial charge in [0.05, 0.1) is 0 Å². The van der Waals surface area contributed by atoms with Gasteiger partial charge in [-0.05, 0) is 16.3 Å². The molecule has 0 aliphatic rings. The van der Waals surface area contributed by atoms with Gasteiger partial charge in [0.25, 0.3) is 0 Å². The highest BCUT2D eigenvalue weighted by Gasteiger charge is 2.12. The SMILES string of the molecule is O=[C]C(C=O)c1cccc2ccccc12. The van der Waals surface area contributed by atoms with E-state index in [9.17, 15) is 9.59 Å². The Balaban J connectivity index is 2.69. The van der Waals surface area contributed by atoms with Crippen LogP contribution >= 0.6 is 0 Å². The first-order chi connectivity index (χ1) is 7.36. The van der Waals surface area contributed by atoms with Crippen LogP contribution in [0.4, 0.5) is 0 Å². The molecule has 2 rings (SSSR count). The molecule has 0 aromatic heterocycles. The average Bonchev–Trinajstić information content (AvgIpc) is 2.31. The van der Waals surface area contributed by atoms with Gasteiger partial charge >= 0.3 is 0 Å². The smallest absolute Gasteiger partial charge is 0.214 e. The van der Waals surface area contributed by atoms with Crippen LogP contribution in [0.25, 0.3) is 10.8 Å². The van der Waals surface area contributed by atoms with Crippen molar-refractivity contribution >= 4 is 23.3 Å². The molecule has 1 radical (unpaired) electrons. The molecule has 0 N–H and O–H groups in total. The first kappa shape index (κ1) is 9.59. The van der Waals surface area contributed by atoms with Crippen molar-refractivity contribution in [1.82, 2.24) is 0 Å². The fraction of sp³-hybridized carbons (Fsp3) is 0.0769. The van der Waals surface area contributed by atoms with Gasteiger partial charge < -0.3 is 4.79 Å². The van der Waals surface area contributed by atoms with Crippen LogP contribution in [-0.4, -0.2) is 12.6 Å². The molecule has 0 heterocycles. The van der Waals surface area contributed by atoms with Crippen molar-refractivity contribution in [2.45, 2.75) is 5.92 Å². The third-order valence-electron chi connectivity index (χ3n) is 2.42. The Hall–Kier alpha value is -1.96. The van der Waals surface area contributed by atoms with E-state index in [0.29, 0.717) is 6.29 Å². The van der Waals surface area contributed by atoms with Crippen molar-refractivity contribution in [3.8, 4) is 0 Å². The van der Waals surface area contributed by atoms with Gasteiger partial charge in [-0.1, -0.05) is 42.5 Å². The first-order valence-corrected chi connectivity index (χ1v) is 4.67. The summed E-state index contributed by atoms with van der Waals surface area (Å²) in [6.45, 7) is 0. The minimum Gasteiger partial charge on any atom is -0.302 e. The number of rotatable bonds is 3. The molecule has 2 nitrogen and oxygen atoms in total. The number of aldehydes is 1. The largest absolute Gasteiger partial charge is 0.302 e. The standard InChI is InChI=1S/C13H9O2/c14-8-11(9-15)13-7-3-5-10-4-1-2-6-12(10)13/h1-8,11H. The molecule has 0 aliphatic heterocycles. The molecule has 1 atom stereocenters. The van der Waals surface area contributed by atoms with E-state index in [2.05, 4.69) is 0 Å². The zero-order chi connectivity index (χ0) is 10.7. The molecule has 0 amide bonds. The highest BCUT2D eigenvalue weighted by molar-refractivity contribution is 5.95. The van der Waals surface area contributed by atoms with E-state index in [1.54, 1.807) is 12.4 Å². The predicted octanol–water partition coefficient (Wildman–Crippen LogP) is 2.23. The Morgan fingerprint density at radius 3 is 2.53 bits per heavy atom. The van der Waals surface area contributed by atoms with E-state index in [4.69, 9.17) is 0 Å². The first-order valence-electron chi connectivity index (χ1n) is 4.67. The highest BCUT2D eigenvalue weighted by Crippen LogP contribution is 2.23. The van der Waals surface area contributed by atoms with E-state index in [1.165, 1.54) is 0 Å². The van der Waals surface area contributed by atoms with Gasteiger partial charge in [-0.15, -0.1) is 0 Å². The van der Waals surface area contributed by atoms with Crippen LogP contribution in [0.15, 0.2) is 42.5 Å². The third-order valence-corrected chi connectivity index (χ3v) is 2.42. The number of hydrogen-bond donors (Lipinski definition) is 0. The molecule has 0 fully saturated rings. The van der Waals surface area contributed by atoms with Gasteiger partial charge in [-0.3, -0.25) is 4.79 Å². The highest BCUT2D eigenvalue weighted by atomic mass is 16.1. The summed E-state index contributed by atoms with van der Waals surface area (Å²) in [4.78, 5) is 21.3. The van der Waals surface area contributed by atoms with Crippen LogP contribution in [0.5, 0.6) is 0 Å². The maximum absolute atomic E-state index is 10.7. The molecule has 73 valence electrons. The molecule has 2 aromatic carbocycles. The molecule has 0 spiro atoms. The fourth-order valence-electron chi connectivity index (χ4n) is 1.69. The second-order valence-electron chi connectivity index (χ2n) is 3.30. The number of benzene rings is 2. The second kappa shape index (κ2) is 4.05. The van der Waals surface area contributed by atoms with Crippen LogP contribution in [0, 0.1) is 0 Å². The summed E-state index contributed by atoms with van der Waals surface area (Å²) in [5.74, 6) is -0.781. The Labute approximate surface area is 87.5 Å². The van der Waals surface area contributed by atoms with Crippen LogP contribution in [-0.2, 0) is 9.59 Å². The predicted molar refractivity (Wildman–Crippen MR) is 58.4 cm³/mol. The number of carbonyl (C=O) groups is 1. The molecule has 1 unspecified atom stereocenters. The summed E-state index contributed by atoms with van der Waals surface area (Å²) in [6.07, 6.45) is 2.36. The lowest BCUT2D eigenvalue weighted by atomic mass is 9.95. The molecular formula is C13H9O2. The lowest BCUT2D eigenvalue weighted by molar-refractivity contribution is -0.107. The minimum absolute atomic E-state index is 0.620. The van der Waals surface area contributed by atoms with Gasteiger partial charge in [0.1, 0.15) is 12.2 Å². The fourth-order valence-corrected chi connectivity index (χ4v) is 1.69. The summed E-state index contributed by atoms with van der Waals surface area (Å²) in [7, 11) is 0. The zero-order valence-electron chi connectivity index (χ0n) is 8.01. The van der Waals surface area contributed by atoms with Gasteiger partial charge in [-0.25, -0.2) is 0 Å². The summed E-state index contributed by atoms with van der Waals surface area (Å²) < 4.78 is 0. The Bertz CT molecular complexity index is 489. The van der Waals surface area contributed by atoms with Gasteiger partial charge in [-0.2, -0.15) is 0 Å². The molecule has 2 heteroatoms. The molecule has 0 saturated heterocycles. The lowest BCUT2D eigenvalue weighted by Crippen LogP contribution is -2.01. The summed E-state index contributed by atoms with van der Waals surface area (Å²) in [6, 6.07) is 13.2. The number of fused-ring (bicyclic) bond motifs is 1. The van der Waals surface area contributed by atoms with E-state index in [-0.39, 0.29) is 0 Å². The molecule has 15 heavy (non-hydrogen) atoms. The van der Waals surface area contributed by atoms with E-state index in [1.807, 2.05) is 36.4 Å². The monoisotopic (exact) mass is 197 g/mol. The van der Waals surface area contributed by atoms with Crippen LogP contribution in [0.1, 0.15) is 11.5 Å². The minimum atomic E-state index is -0.781. The van der Waals surface area contributed by atoms with Crippen molar-refractivity contribution in [3.05, 3.63) is 48.0 Å². The molecule has 0 saturated carbocycles. The van der Waals surface area contributed by atoms with E-state index >= 15 is 0 Å². The molecule has 0 aliphatic carbocycles. The number of hydrogen-bond acceptors (Lipinski definition) is 2. The quantitative estimate of drug-likeness (QED) is 0.558. The number of carbonyl (C=O) groups excluding carboxylic acids is 2. The Morgan fingerprint density at radius 1 is 1.07 bits per heavy atom.